The first kappa shape index (κ1) is 93.4. The summed E-state index contributed by atoms with van der Waals surface area (Å²) in [7, 11) is 0. The maximum Gasteiger partial charge on any atom is 0.265 e. The standard InChI is InChI=1S/C85H104F2N2O4.C22H2O.CH3.Hf/c1-50-36-58(86)46-66(64-38-56(84(21,22)48-78(3,4)5)44-72(74(64)90)88-68-40-52(80(9,10)11)26-30-60(68)61-31-27-53(41-69(61)88)81(12,13)14)76(50)92-34-25-35-93-77-51(2)37-59(87)47-67(77)65-39-57(85(23,24)49-79(6,7)8)45-73(75(65)91)89-70-42-54(82(15,16)17)28-32-62(70)63-33-29-55(43-71(63)89)83(18,19)20;1-2-3-4-5-6-7-8-9-10-11-12-13-14-15-16-17-18-19-20-21-22-23;;/h26-33,36-47,90-91H,25,34-35,48-49H2,1-24H3;1,23H;1H3;/q;;-1;/p+2. The van der Waals surface area contributed by atoms with Gasteiger partial charge >= 0.3 is 0 Å². The Hall–Kier alpha value is -11.7. The van der Waals surface area contributed by atoms with Crippen LogP contribution < -0.4 is 0 Å². The van der Waals surface area contributed by atoms with Gasteiger partial charge in [-0.25, -0.2) is 8.78 Å². The van der Waals surface area contributed by atoms with Gasteiger partial charge in [0.1, 0.15) is 35.7 Å². The van der Waals surface area contributed by atoms with E-state index in [2.05, 4.69) is 377 Å². The Bertz CT molecular complexity index is 5860. The van der Waals surface area contributed by atoms with Gasteiger partial charge in [-0.3, -0.25) is 0 Å². The number of ether oxygens (including phenoxy) is 2. The van der Waals surface area contributed by atoms with E-state index in [1.807, 2.05) is 13.8 Å². The Morgan fingerprint density at radius 2 is 0.610 bits per heavy atom. The zero-order valence-corrected chi connectivity index (χ0v) is 77.1. The number of aromatic nitrogens is 2. The normalized spacial score (nSPS) is 11.3. The van der Waals surface area contributed by atoms with Crippen molar-refractivity contribution in [2.75, 3.05) is 13.2 Å². The summed E-state index contributed by atoms with van der Waals surface area (Å²) in [6.45, 7) is 53.7. The van der Waals surface area contributed by atoms with Gasteiger partial charge in [0.15, 0.2) is 13.2 Å². The largest absolute Gasteiger partial charge is 0.582 e. The van der Waals surface area contributed by atoms with Crippen LogP contribution >= 0.6 is 0 Å². The first-order chi connectivity index (χ1) is 54.2. The van der Waals surface area contributed by atoms with Crippen molar-refractivity contribution in [1.82, 2.24) is 9.13 Å². The van der Waals surface area contributed by atoms with E-state index in [-0.39, 0.29) is 88.1 Å². The third kappa shape index (κ3) is 22.9. The Morgan fingerprint density at radius 3 is 0.856 bits per heavy atom. The number of aliphatic hydroxyl groups is 3. The molecule has 0 aliphatic carbocycles. The van der Waals surface area contributed by atoms with Crippen LogP contribution in [0.25, 0.3) is 77.2 Å². The minimum atomic E-state index is -0.419. The number of aliphatic hydroxyl groups excluding tert-OH is 1. The predicted molar refractivity (Wildman–Crippen MR) is 487 cm³/mol. The molecule has 10 rings (SSSR count). The fraction of sp³-hybridized carbons (Fsp3) is 0.343. The van der Waals surface area contributed by atoms with Gasteiger partial charge in [-0.15, -0.1) is 6.42 Å². The summed E-state index contributed by atoms with van der Waals surface area (Å²) in [6.07, 6.45) is 8.71. The number of phenols is 2. The summed E-state index contributed by atoms with van der Waals surface area (Å²) in [5.74, 6) is 48.3. The monoisotopic (exact) mass is 1730 g/mol. The third-order valence-electron chi connectivity index (χ3n) is 20.4. The first-order valence-electron chi connectivity index (χ1n) is 39.2. The molecule has 0 aliphatic rings. The number of terminal acetylenes is 1. The van der Waals surface area contributed by atoms with Gasteiger partial charge in [0.05, 0.1) is 44.6 Å². The molecule has 0 unspecified atom stereocenters. The van der Waals surface area contributed by atoms with Crippen molar-refractivity contribution in [2.24, 2.45) is 10.8 Å². The first-order valence-corrected chi connectivity index (χ1v) is 39.2. The summed E-state index contributed by atoms with van der Waals surface area (Å²) in [5, 5.41) is 39.0. The van der Waals surface area contributed by atoms with E-state index in [1.54, 1.807) is 6.11 Å². The molecule has 118 heavy (non-hydrogen) atoms. The van der Waals surface area contributed by atoms with Crippen LogP contribution in [0.15, 0.2) is 121 Å². The van der Waals surface area contributed by atoms with Gasteiger partial charge in [-0.2, -0.15) is 0 Å². The zero-order chi connectivity index (χ0) is 85.3. The molecule has 0 spiro atoms. The molecule has 0 bridgehead atoms. The molecule has 2 aromatic heterocycles. The number of fused-ring (bicyclic) bond motifs is 6. The average Bonchev–Trinajstić information content (AvgIpc) is 1.55. The van der Waals surface area contributed by atoms with Crippen molar-refractivity contribution in [3.05, 3.63) is 185 Å². The second kappa shape index (κ2) is 37.7. The van der Waals surface area contributed by atoms with E-state index in [1.165, 1.54) is 46.5 Å². The van der Waals surface area contributed by atoms with Crippen molar-refractivity contribution >= 4 is 43.6 Å². The number of rotatable bonds is 14. The molecule has 0 fully saturated rings. The molecule has 8 aromatic carbocycles. The van der Waals surface area contributed by atoms with Crippen LogP contribution in [0.3, 0.4) is 0 Å². The van der Waals surface area contributed by atoms with Crippen LogP contribution in [-0.4, -0.2) is 47.1 Å². The Kier molecular flexibility index (Phi) is 29.8. The molecule has 600 valence electrons. The summed E-state index contributed by atoms with van der Waals surface area (Å²) < 4.78 is 47.7. The van der Waals surface area contributed by atoms with Crippen molar-refractivity contribution < 1.29 is 59.4 Å². The summed E-state index contributed by atoms with van der Waals surface area (Å²) in [4.78, 5) is 0. The number of aromatic hydroxyl groups is 4. The molecule has 2 heterocycles. The second-order valence-electron chi connectivity index (χ2n) is 37.6. The topological polar surface area (TPSA) is 96.1 Å². The van der Waals surface area contributed by atoms with E-state index >= 15 is 8.78 Å². The van der Waals surface area contributed by atoms with E-state index in [9.17, 15) is 10.2 Å². The molecule has 0 radical (unpaired) electrons. The molecule has 0 amide bonds. The quantitative estimate of drug-likeness (QED) is 0.0333. The zero-order valence-electron chi connectivity index (χ0n) is 73.5. The van der Waals surface area contributed by atoms with Crippen LogP contribution in [-0.2, 0) is 58.3 Å². The Labute approximate surface area is 721 Å². The second-order valence-corrected chi connectivity index (χ2v) is 37.6. The number of benzene rings is 8. The van der Waals surface area contributed by atoms with Crippen LogP contribution in [0.5, 0.6) is 23.0 Å². The molecular formula is C108H111F2HfN2O5+. The van der Waals surface area contributed by atoms with Gasteiger partial charge in [-0.05, 0) is 224 Å². The number of nitrogens with zero attached hydrogens (tertiary/aromatic N) is 2. The molecule has 7 nitrogen and oxygen atoms in total. The van der Waals surface area contributed by atoms with Gasteiger partial charge in [0, 0.05) is 141 Å². The van der Waals surface area contributed by atoms with E-state index in [4.69, 9.17) is 21.0 Å². The molecule has 0 saturated carbocycles. The summed E-state index contributed by atoms with van der Waals surface area (Å²) >= 11 is 0. The van der Waals surface area contributed by atoms with Crippen LogP contribution in [0, 0.1) is 175 Å². The van der Waals surface area contributed by atoms with Gasteiger partial charge in [0.2, 0.25) is 0 Å². The SMILES string of the molecule is C#CC#CC#CC#CC#CC#CC#CC#CC#CC#CC#CO.Cc1cc(F)cc(-c2cc(C(C)(C)CC(C)(C)C)cc(-n3c4cc(C(C)(C)C)ccc4c4ccc(C(C)(C)C)cc43)c2O)c1[OH+]CCC[OH+]c1c(C)cc(F)cc1-c1cc(C(C)(C)CC(C)(C)C)cc(-n2c3cc(C(C)(C)C)ccc3c3ccc(C(C)(C)C)cc32)c1O.[CH3-].[Hf]. The maximum atomic E-state index is 16.3. The molecule has 0 saturated heterocycles. The van der Waals surface area contributed by atoms with Gasteiger partial charge in [0.25, 0.3) is 11.5 Å². The number of halogens is 2. The van der Waals surface area contributed by atoms with E-state index < -0.39 is 11.6 Å². The molecule has 0 aliphatic heterocycles. The number of hydrogen-bond acceptors (Lipinski definition) is 3. The number of aryl methyl sites for hydroxylation is 2. The predicted octanol–water partition coefficient (Wildman–Crippen LogP) is 24.1. The average molecular weight is 1730 g/mol. The van der Waals surface area contributed by atoms with Crippen LogP contribution in [0.2, 0.25) is 0 Å². The number of hydrogen-bond donors (Lipinski definition) is 3. The fourth-order valence-electron chi connectivity index (χ4n) is 15.4. The minimum absolute atomic E-state index is 0. The van der Waals surface area contributed by atoms with Crippen molar-refractivity contribution in [2.45, 2.75) is 218 Å². The molecular weight excluding hydrogens is 1620 g/mol. The minimum Gasteiger partial charge on any atom is -0.582 e. The Morgan fingerprint density at radius 1 is 0.347 bits per heavy atom. The smallest absolute Gasteiger partial charge is 0.265 e. The Balaban J connectivity index is 0.000000668. The van der Waals surface area contributed by atoms with Crippen molar-refractivity contribution in [3.63, 3.8) is 0 Å². The third-order valence-corrected chi connectivity index (χ3v) is 20.4. The van der Waals surface area contributed by atoms with Crippen molar-refractivity contribution in [1.29, 1.82) is 0 Å². The maximum absolute atomic E-state index is 16.3. The molecule has 0 atom stereocenters. The van der Waals surface area contributed by atoms with Crippen LogP contribution in [0.1, 0.15) is 216 Å². The molecule has 10 aromatic rings. The molecule has 10 heteroatoms. The van der Waals surface area contributed by atoms with Crippen LogP contribution in [0.4, 0.5) is 8.78 Å². The number of phenolic OH excluding ortho intramolecular Hbond substituents is 2. The van der Waals surface area contributed by atoms with Crippen molar-refractivity contribution in [3.8, 4) is 188 Å². The fourth-order valence-corrected chi connectivity index (χ4v) is 15.4. The van der Waals surface area contributed by atoms with Gasteiger partial charge < -0.3 is 41.4 Å². The van der Waals surface area contributed by atoms with E-state index in [0.29, 0.717) is 75.9 Å². The van der Waals surface area contributed by atoms with E-state index in [0.717, 1.165) is 67.6 Å². The van der Waals surface area contributed by atoms with Gasteiger partial charge in [-0.1, -0.05) is 201 Å². The summed E-state index contributed by atoms with van der Waals surface area (Å²) in [6, 6.07) is 41.4. The molecule has 5 N–H and O–H groups in total. The summed E-state index contributed by atoms with van der Waals surface area (Å²) in [5.41, 5.74) is 13.8.